The number of amides is 2. The number of nitrogens with one attached hydrogen (secondary N) is 1. The van der Waals surface area contributed by atoms with E-state index in [2.05, 4.69) is 26.1 Å². The molecule has 0 saturated carbocycles. The number of carbonyl (C=O) groups excluding carboxylic acids is 3. The third-order valence-corrected chi connectivity index (χ3v) is 4.14. The fraction of sp³-hybridized carbons (Fsp3) is 0.318. The SMILES string of the molecule is COc1cc(C(=O)OCC(=O)Nc2ccc(C(C)(C)C)cc2)ccc1OCC(N)=O. The molecule has 0 unspecified atom stereocenters. The number of anilines is 1. The molecule has 0 aliphatic carbocycles. The lowest BCUT2D eigenvalue weighted by atomic mass is 9.87. The predicted octanol–water partition coefficient (Wildman–Crippen LogP) is 2.65. The second-order valence-electron chi connectivity index (χ2n) is 7.57. The summed E-state index contributed by atoms with van der Waals surface area (Å²) >= 11 is 0. The number of rotatable bonds is 8. The molecule has 30 heavy (non-hydrogen) atoms. The van der Waals surface area contributed by atoms with Crippen LogP contribution in [-0.4, -0.2) is 38.1 Å². The molecule has 8 heteroatoms. The Labute approximate surface area is 175 Å². The van der Waals surface area contributed by atoms with Crippen molar-refractivity contribution in [2.75, 3.05) is 25.6 Å². The molecule has 0 spiro atoms. The van der Waals surface area contributed by atoms with E-state index < -0.39 is 24.4 Å². The summed E-state index contributed by atoms with van der Waals surface area (Å²) in [5.41, 5.74) is 6.98. The summed E-state index contributed by atoms with van der Waals surface area (Å²) in [6.07, 6.45) is 0. The zero-order valence-corrected chi connectivity index (χ0v) is 17.5. The first-order valence-corrected chi connectivity index (χ1v) is 9.27. The van der Waals surface area contributed by atoms with Crippen molar-refractivity contribution in [3.05, 3.63) is 53.6 Å². The van der Waals surface area contributed by atoms with E-state index in [1.165, 1.54) is 25.3 Å². The number of esters is 1. The van der Waals surface area contributed by atoms with E-state index in [4.69, 9.17) is 19.9 Å². The third-order valence-electron chi connectivity index (χ3n) is 4.14. The van der Waals surface area contributed by atoms with Crippen LogP contribution in [0, 0.1) is 0 Å². The number of nitrogens with two attached hydrogens (primary N) is 1. The zero-order valence-electron chi connectivity index (χ0n) is 17.5. The number of hydrogen-bond donors (Lipinski definition) is 2. The molecule has 0 atom stereocenters. The number of hydrogen-bond acceptors (Lipinski definition) is 6. The minimum absolute atomic E-state index is 0.0135. The Morgan fingerprint density at radius 2 is 1.63 bits per heavy atom. The minimum atomic E-state index is -0.701. The van der Waals surface area contributed by atoms with Crippen molar-refractivity contribution in [2.45, 2.75) is 26.2 Å². The van der Waals surface area contributed by atoms with E-state index in [9.17, 15) is 14.4 Å². The van der Waals surface area contributed by atoms with Crippen LogP contribution in [0.1, 0.15) is 36.7 Å². The quantitative estimate of drug-likeness (QED) is 0.642. The highest BCUT2D eigenvalue weighted by Gasteiger charge is 2.16. The minimum Gasteiger partial charge on any atom is -0.493 e. The van der Waals surface area contributed by atoms with Crippen molar-refractivity contribution in [3.8, 4) is 11.5 Å². The lowest BCUT2D eigenvalue weighted by Gasteiger charge is -2.19. The maximum atomic E-state index is 12.2. The lowest BCUT2D eigenvalue weighted by Crippen LogP contribution is -2.21. The summed E-state index contributed by atoms with van der Waals surface area (Å²) in [4.78, 5) is 35.1. The molecule has 2 aromatic rings. The molecule has 8 nitrogen and oxygen atoms in total. The fourth-order valence-corrected chi connectivity index (χ4v) is 2.53. The maximum Gasteiger partial charge on any atom is 0.338 e. The lowest BCUT2D eigenvalue weighted by molar-refractivity contribution is -0.120. The molecule has 0 radical (unpaired) electrons. The van der Waals surface area contributed by atoms with Crippen molar-refractivity contribution >= 4 is 23.5 Å². The van der Waals surface area contributed by atoms with Crippen LogP contribution in [0.2, 0.25) is 0 Å². The fourth-order valence-electron chi connectivity index (χ4n) is 2.53. The van der Waals surface area contributed by atoms with Gasteiger partial charge in [0.05, 0.1) is 12.7 Å². The largest absolute Gasteiger partial charge is 0.493 e. The molecule has 0 bridgehead atoms. The molecule has 0 aliphatic rings. The molecule has 0 fully saturated rings. The number of methoxy groups -OCH3 is 1. The van der Waals surface area contributed by atoms with Gasteiger partial charge >= 0.3 is 5.97 Å². The predicted molar refractivity (Wildman–Crippen MR) is 112 cm³/mol. The van der Waals surface area contributed by atoms with E-state index in [0.717, 1.165) is 5.56 Å². The molecular formula is C22H26N2O6. The summed E-state index contributed by atoms with van der Waals surface area (Å²) in [6.45, 7) is 5.54. The summed E-state index contributed by atoms with van der Waals surface area (Å²) < 4.78 is 15.4. The maximum absolute atomic E-state index is 12.2. The van der Waals surface area contributed by atoms with Crippen LogP contribution >= 0.6 is 0 Å². The second-order valence-corrected chi connectivity index (χ2v) is 7.57. The highest BCUT2D eigenvalue weighted by Crippen LogP contribution is 2.28. The molecule has 160 valence electrons. The van der Waals surface area contributed by atoms with Crippen LogP contribution in [0.5, 0.6) is 11.5 Å². The van der Waals surface area contributed by atoms with E-state index in [0.29, 0.717) is 5.69 Å². The molecule has 2 amide bonds. The molecule has 3 N–H and O–H groups in total. The van der Waals surface area contributed by atoms with Gasteiger partial charge in [0.25, 0.3) is 11.8 Å². The smallest absolute Gasteiger partial charge is 0.338 e. The molecule has 0 aliphatic heterocycles. The van der Waals surface area contributed by atoms with Gasteiger partial charge in [0.15, 0.2) is 24.7 Å². The molecule has 0 aromatic heterocycles. The average Bonchev–Trinajstić information content (AvgIpc) is 2.70. The van der Waals surface area contributed by atoms with Crippen LogP contribution in [0.15, 0.2) is 42.5 Å². The van der Waals surface area contributed by atoms with Gasteiger partial charge in [-0.15, -0.1) is 0 Å². The van der Waals surface area contributed by atoms with Crippen LogP contribution in [0.4, 0.5) is 5.69 Å². The number of primary amides is 1. The summed E-state index contributed by atoms with van der Waals surface area (Å²) in [5, 5.41) is 2.68. The van der Waals surface area contributed by atoms with Crippen LogP contribution in [0.3, 0.4) is 0 Å². The Morgan fingerprint density at radius 1 is 0.967 bits per heavy atom. The highest BCUT2D eigenvalue weighted by molar-refractivity contribution is 5.95. The van der Waals surface area contributed by atoms with Gasteiger partial charge in [0.2, 0.25) is 0 Å². The third kappa shape index (κ3) is 6.51. The molecule has 0 heterocycles. The Morgan fingerprint density at radius 3 is 2.20 bits per heavy atom. The van der Waals surface area contributed by atoms with E-state index >= 15 is 0 Å². The van der Waals surface area contributed by atoms with Crippen molar-refractivity contribution in [2.24, 2.45) is 5.73 Å². The van der Waals surface area contributed by atoms with E-state index in [-0.39, 0.29) is 29.1 Å². The van der Waals surface area contributed by atoms with Gasteiger partial charge in [-0.1, -0.05) is 32.9 Å². The van der Waals surface area contributed by atoms with Gasteiger partial charge in [0, 0.05) is 5.69 Å². The number of ether oxygens (including phenoxy) is 3. The first-order valence-electron chi connectivity index (χ1n) is 9.27. The van der Waals surface area contributed by atoms with Crippen molar-refractivity contribution < 1.29 is 28.6 Å². The van der Waals surface area contributed by atoms with Crippen molar-refractivity contribution in [1.82, 2.24) is 0 Å². The first-order chi connectivity index (χ1) is 14.1. The summed E-state index contributed by atoms with van der Waals surface area (Å²) in [7, 11) is 1.39. The first kappa shape index (κ1) is 22.7. The van der Waals surface area contributed by atoms with Crippen molar-refractivity contribution in [1.29, 1.82) is 0 Å². The average molecular weight is 414 g/mol. The Hall–Kier alpha value is -3.55. The summed E-state index contributed by atoms with van der Waals surface area (Å²) in [6, 6.07) is 11.8. The van der Waals surface area contributed by atoms with Gasteiger partial charge in [-0.2, -0.15) is 0 Å². The molecular weight excluding hydrogens is 388 g/mol. The highest BCUT2D eigenvalue weighted by atomic mass is 16.5. The molecule has 0 saturated heterocycles. The van der Waals surface area contributed by atoms with Gasteiger partial charge < -0.3 is 25.3 Å². The van der Waals surface area contributed by atoms with Crippen LogP contribution in [-0.2, 0) is 19.7 Å². The summed E-state index contributed by atoms with van der Waals surface area (Å²) in [5.74, 6) is -1.31. The number of carbonyl (C=O) groups is 3. The molecule has 2 rings (SSSR count). The Balaban J connectivity index is 1.93. The van der Waals surface area contributed by atoms with Gasteiger partial charge in [-0.05, 0) is 41.3 Å². The van der Waals surface area contributed by atoms with Gasteiger partial charge in [0.1, 0.15) is 0 Å². The molecule has 2 aromatic carbocycles. The normalized spacial score (nSPS) is 10.8. The monoisotopic (exact) mass is 414 g/mol. The van der Waals surface area contributed by atoms with E-state index in [1.807, 2.05) is 12.1 Å². The zero-order chi connectivity index (χ0) is 22.3. The van der Waals surface area contributed by atoms with Crippen LogP contribution in [0.25, 0.3) is 0 Å². The van der Waals surface area contributed by atoms with Gasteiger partial charge in [-0.3, -0.25) is 9.59 Å². The van der Waals surface area contributed by atoms with Crippen LogP contribution < -0.4 is 20.5 Å². The van der Waals surface area contributed by atoms with Crippen molar-refractivity contribution in [3.63, 3.8) is 0 Å². The Bertz CT molecular complexity index is 916. The van der Waals surface area contributed by atoms with E-state index in [1.54, 1.807) is 12.1 Å². The standard InChI is InChI=1S/C22H26N2O6/c1-22(2,3)15-6-8-16(9-7-15)24-20(26)13-30-21(27)14-5-10-17(18(11-14)28-4)29-12-19(23)25/h5-11H,12-13H2,1-4H3,(H2,23,25)(H,24,26). The second kappa shape index (κ2) is 9.78. The Kier molecular flexibility index (Phi) is 7.41. The number of benzene rings is 2. The van der Waals surface area contributed by atoms with Gasteiger partial charge in [-0.25, -0.2) is 4.79 Å². The topological polar surface area (TPSA) is 117 Å².